The van der Waals surface area contributed by atoms with Gasteiger partial charge in [-0.15, -0.1) is 0 Å². The number of nitrogens with one attached hydrogen (secondary N) is 2. The minimum atomic E-state index is -3.68. The third kappa shape index (κ3) is 5.02. The molecule has 1 aliphatic heterocycles. The standard InChI is InChI=1S/C25H29N3O4S/c1-3-23(29)27-25(2)12-14-28(15-13-25)33(31,32)22-10-8-18(9-11-22)24(30)26-21-16-19-6-4-5-7-20(19)17-21/h3-11,21H,1,12-17H2,2H3,(H,26,30)(H,27,29). The summed E-state index contributed by atoms with van der Waals surface area (Å²) >= 11 is 0. The Morgan fingerprint density at radius 3 is 2.15 bits per heavy atom. The van der Waals surface area contributed by atoms with E-state index in [-0.39, 0.29) is 22.8 Å². The Morgan fingerprint density at radius 2 is 1.61 bits per heavy atom. The van der Waals surface area contributed by atoms with Gasteiger partial charge in [0.05, 0.1) is 4.90 Å². The number of nitrogens with zero attached hydrogens (tertiary/aromatic N) is 1. The molecule has 2 amide bonds. The van der Waals surface area contributed by atoms with Gasteiger partial charge in [-0.3, -0.25) is 9.59 Å². The molecule has 7 nitrogen and oxygen atoms in total. The minimum absolute atomic E-state index is 0.0440. The van der Waals surface area contributed by atoms with E-state index < -0.39 is 15.6 Å². The highest BCUT2D eigenvalue weighted by atomic mass is 32.2. The SMILES string of the molecule is C=CC(=O)NC1(C)CCN(S(=O)(=O)c2ccc(C(=O)NC3Cc4ccccc4C3)cc2)CC1. The maximum absolute atomic E-state index is 13.1. The van der Waals surface area contributed by atoms with Crippen LogP contribution >= 0.6 is 0 Å². The predicted octanol–water partition coefficient (Wildman–Crippen LogP) is 2.43. The predicted molar refractivity (Wildman–Crippen MR) is 126 cm³/mol. The van der Waals surface area contributed by atoms with Gasteiger partial charge in [-0.25, -0.2) is 8.42 Å². The lowest BCUT2D eigenvalue weighted by atomic mass is 9.90. The van der Waals surface area contributed by atoms with Gasteiger partial charge >= 0.3 is 0 Å². The van der Waals surface area contributed by atoms with Crippen molar-refractivity contribution in [2.75, 3.05) is 13.1 Å². The zero-order valence-electron chi connectivity index (χ0n) is 18.7. The molecule has 0 radical (unpaired) electrons. The number of hydrogen-bond donors (Lipinski definition) is 2. The first-order chi connectivity index (χ1) is 15.7. The van der Waals surface area contributed by atoms with Gasteiger partial charge in [-0.05, 0) is 74.1 Å². The average Bonchev–Trinajstić information content (AvgIpc) is 3.21. The van der Waals surface area contributed by atoms with E-state index in [9.17, 15) is 18.0 Å². The number of fused-ring (bicyclic) bond motifs is 1. The molecule has 0 aromatic heterocycles. The molecule has 1 fully saturated rings. The molecule has 2 aromatic carbocycles. The molecule has 1 heterocycles. The van der Waals surface area contributed by atoms with Crippen LogP contribution < -0.4 is 10.6 Å². The van der Waals surface area contributed by atoms with Crippen molar-refractivity contribution in [3.05, 3.63) is 77.9 Å². The summed E-state index contributed by atoms with van der Waals surface area (Å²) in [5, 5.41) is 5.94. The lowest BCUT2D eigenvalue weighted by molar-refractivity contribution is -0.118. The molecule has 2 aromatic rings. The van der Waals surface area contributed by atoms with Crippen molar-refractivity contribution in [1.29, 1.82) is 0 Å². The maximum Gasteiger partial charge on any atom is 0.251 e. The van der Waals surface area contributed by atoms with Crippen molar-refractivity contribution in [2.45, 2.75) is 49.1 Å². The Balaban J connectivity index is 1.37. The Bertz CT molecular complexity index is 1140. The third-order valence-electron chi connectivity index (χ3n) is 6.58. The number of amides is 2. The molecule has 1 saturated heterocycles. The van der Waals surface area contributed by atoms with Crippen molar-refractivity contribution in [1.82, 2.24) is 14.9 Å². The molecular weight excluding hydrogens is 438 g/mol. The average molecular weight is 468 g/mol. The third-order valence-corrected chi connectivity index (χ3v) is 8.49. The van der Waals surface area contributed by atoms with E-state index in [4.69, 9.17) is 0 Å². The van der Waals surface area contributed by atoms with Crippen molar-refractivity contribution in [3.8, 4) is 0 Å². The van der Waals surface area contributed by atoms with Gasteiger partial charge in [0.25, 0.3) is 5.91 Å². The second kappa shape index (κ2) is 9.11. The molecule has 2 N–H and O–H groups in total. The van der Waals surface area contributed by atoms with E-state index >= 15 is 0 Å². The summed E-state index contributed by atoms with van der Waals surface area (Å²) in [6.45, 7) is 5.99. The first-order valence-electron chi connectivity index (χ1n) is 11.1. The van der Waals surface area contributed by atoms with Gasteiger partial charge in [-0.1, -0.05) is 30.8 Å². The molecule has 0 saturated carbocycles. The topological polar surface area (TPSA) is 95.6 Å². The summed E-state index contributed by atoms with van der Waals surface area (Å²) in [5.74, 6) is -0.465. The maximum atomic E-state index is 13.1. The lowest BCUT2D eigenvalue weighted by Crippen LogP contribution is -2.53. The second-order valence-corrected chi connectivity index (χ2v) is 11.0. The molecule has 4 rings (SSSR count). The van der Waals surface area contributed by atoms with Gasteiger partial charge in [-0.2, -0.15) is 4.31 Å². The number of piperidine rings is 1. The van der Waals surface area contributed by atoms with Crippen molar-refractivity contribution < 1.29 is 18.0 Å². The Hall–Kier alpha value is -2.97. The first kappa shape index (κ1) is 23.2. The molecule has 174 valence electrons. The number of sulfonamides is 1. The normalized spacial score (nSPS) is 18.3. The highest BCUT2D eigenvalue weighted by Crippen LogP contribution is 2.27. The van der Waals surface area contributed by atoms with Crippen LogP contribution in [0.1, 0.15) is 41.3 Å². The summed E-state index contributed by atoms with van der Waals surface area (Å²) in [4.78, 5) is 24.5. The Kier molecular flexibility index (Phi) is 6.41. The van der Waals surface area contributed by atoms with Crippen molar-refractivity contribution in [2.24, 2.45) is 0 Å². The lowest BCUT2D eigenvalue weighted by Gasteiger charge is -2.39. The van der Waals surface area contributed by atoms with Crippen LogP contribution in [0, 0.1) is 0 Å². The molecule has 0 bridgehead atoms. The van der Waals surface area contributed by atoms with Crippen LogP contribution in [0.15, 0.2) is 66.1 Å². The highest BCUT2D eigenvalue weighted by Gasteiger charge is 2.36. The fraction of sp³-hybridized carbons (Fsp3) is 0.360. The number of carbonyl (C=O) groups is 2. The van der Waals surface area contributed by atoms with Gasteiger partial charge in [0.1, 0.15) is 0 Å². The van der Waals surface area contributed by atoms with E-state index in [0.717, 1.165) is 12.8 Å². The molecule has 1 aliphatic carbocycles. The Morgan fingerprint density at radius 1 is 1.03 bits per heavy atom. The van der Waals surface area contributed by atoms with Crippen LogP contribution in [0.25, 0.3) is 0 Å². The smallest absolute Gasteiger partial charge is 0.251 e. The summed E-state index contributed by atoms with van der Waals surface area (Å²) in [5.41, 5.74) is 2.49. The molecule has 0 unspecified atom stereocenters. The number of rotatable bonds is 6. The van der Waals surface area contributed by atoms with Crippen LogP contribution in [0.2, 0.25) is 0 Å². The highest BCUT2D eigenvalue weighted by molar-refractivity contribution is 7.89. The minimum Gasteiger partial charge on any atom is -0.349 e. The molecule has 0 spiro atoms. The van der Waals surface area contributed by atoms with E-state index in [2.05, 4.69) is 29.3 Å². The number of carbonyl (C=O) groups excluding carboxylic acids is 2. The molecule has 33 heavy (non-hydrogen) atoms. The summed E-state index contributed by atoms with van der Waals surface area (Å²) in [6, 6.07) is 14.3. The zero-order valence-corrected chi connectivity index (χ0v) is 19.5. The number of hydrogen-bond acceptors (Lipinski definition) is 4. The van der Waals surface area contributed by atoms with Crippen molar-refractivity contribution >= 4 is 21.8 Å². The molecule has 8 heteroatoms. The zero-order chi connectivity index (χ0) is 23.6. The van der Waals surface area contributed by atoms with E-state index in [1.807, 2.05) is 19.1 Å². The largest absolute Gasteiger partial charge is 0.349 e. The van der Waals surface area contributed by atoms with Gasteiger partial charge < -0.3 is 10.6 Å². The fourth-order valence-electron chi connectivity index (χ4n) is 4.55. The van der Waals surface area contributed by atoms with Crippen LogP contribution in [0.5, 0.6) is 0 Å². The van der Waals surface area contributed by atoms with Crippen LogP contribution in [-0.4, -0.2) is 49.2 Å². The summed E-state index contributed by atoms with van der Waals surface area (Å²) < 4.78 is 27.6. The van der Waals surface area contributed by atoms with Crippen LogP contribution in [0.3, 0.4) is 0 Å². The molecule has 2 aliphatic rings. The second-order valence-electron chi connectivity index (χ2n) is 9.03. The van der Waals surface area contributed by atoms with Gasteiger partial charge in [0, 0.05) is 30.2 Å². The quantitative estimate of drug-likeness (QED) is 0.638. The summed E-state index contributed by atoms with van der Waals surface area (Å²) in [6.07, 6.45) is 3.84. The van der Waals surface area contributed by atoms with E-state index in [1.165, 1.54) is 33.6 Å². The van der Waals surface area contributed by atoms with Crippen LogP contribution in [0.4, 0.5) is 0 Å². The van der Waals surface area contributed by atoms with E-state index in [1.54, 1.807) is 12.1 Å². The number of benzene rings is 2. The first-order valence-corrected chi connectivity index (χ1v) is 12.6. The molecule has 0 atom stereocenters. The Labute approximate surface area is 194 Å². The van der Waals surface area contributed by atoms with E-state index in [0.29, 0.717) is 31.5 Å². The molecular formula is C25H29N3O4S. The van der Waals surface area contributed by atoms with Crippen molar-refractivity contribution in [3.63, 3.8) is 0 Å². The van der Waals surface area contributed by atoms with Crippen LogP contribution in [-0.2, 0) is 27.7 Å². The summed E-state index contributed by atoms with van der Waals surface area (Å²) in [7, 11) is -3.68. The van der Waals surface area contributed by atoms with Gasteiger partial charge in [0.2, 0.25) is 15.9 Å². The monoisotopic (exact) mass is 467 g/mol. The fourth-order valence-corrected chi connectivity index (χ4v) is 5.99. The van der Waals surface area contributed by atoms with Gasteiger partial charge in [0.15, 0.2) is 0 Å².